The van der Waals surface area contributed by atoms with Crippen molar-refractivity contribution in [2.24, 2.45) is 0 Å². The third-order valence-electron chi connectivity index (χ3n) is 3.69. The van der Waals surface area contributed by atoms with E-state index in [1.807, 2.05) is 13.8 Å². The van der Waals surface area contributed by atoms with Crippen LogP contribution in [0.3, 0.4) is 0 Å². The molecule has 2 fully saturated rings. The van der Waals surface area contributed by atoms with Gasteiger partial charge in [-0.3, -0.25) is 4.90 Å². The fourth-order valence-electron chi connectivity index (χ4n) is 2.45. The van der Waals surface area contributed by atoms with Gasteiger partial charge in [0.2, 0.25) is 0 Å². The van der Waals surface area contributed by atoms with Gasteiger partial charge in [0.05, 0.1) is 0 Å². The molecule has 1 saturated heterocycles. The van der Waals surface area contributed by atoms with E-state index in [9.17, 15) is 8.42 Å². The van der Waals surface area contributed by atoms with Crippen molar-refractivity contribution in [2.75, 3.05) is 39.3 Å². The second kappa shape index (κ2) is 5.22. The van der Waals surface area contributed by atoms with Crippen molar-refractivity contribution in [2.45, 2.75) is 32.7 Å². The predicted octanol–water partition coefficient (Wildman–Crippen LogP) is 0.353. The highest BCUT2D eigenvalue weighted by atomic mass is 32.2. The van der Waals surface area contributed by atoms with Crippen molar-refractivity contribution in [3.63, 3.8) is 0 Å². The predicted molar refractivity (Wildman–Crippen MR) is 68.0 cm³/mol. The SMILES string of the molecule is CCN(CC)S(=O)(=O)N1CCN(C2CC2)CC1. The molecular formula is C11H23N3O2S. The molecule has 0 spiro atoms. The zero-order valence-corrected chi connectivity index (χ0v) is 11.6. The fourth-order valence-corrected chi connectivity index (χ4v) is 4.06. The normalized spacial score (nSPS) is 24.4. The number of nitrogens with zero attached hydrogens (tertiary/aromatic N) is 3. The lowest BCUT2D eigenvalue weighted by Gasteiger charge is -2.36. The molecular weight excluding hydrogens is 238 g/mol. The topological polar surface area (TPSA) is 43.9 Å². The maximum atomic E-state index is 12.3. The summed E-state index contributed by atoms with van der Waals surface area (Å²) >= 11 is 0. The summed E-state index contributed by atoms with van der Waals surface area (Å²) < 4.78 is 27.7. The molecule has 0 aromatic rings. The molecule has 6 heteroatoms. The summed E-state index contributed by atoms with van der Waals surface area (Å²) in [4.78, 5) is 2.42. The Kier molecular flexibility index (Phi) is 4.07. The largest absolute Gasteiger partial charge is 0.298 e. The van der Waals surface area contributed by atoms with E-state index in [0.717, 1.165) is 19.1 Å². The van der Waals surface area contributed by atoms with E-state index >= 15 is 0 Å². The number of hydrogen-bond acceptors (Lipinski definition) is 3. The standard InChI is InChI=1S/C11H23N3O2S/c1-3-13(4-2)17(15,16)14-9-7-12(8-10-14)11-5-6-11/h11H,3-10H2,1-2H3. The smallest absolute Gasteiger partial charge is 0.282 e. The average Bonchev–Trinajstić information content (AvgIpc) is 3.14. The molecule has 17 heavy (non-hydrogen) atoms. The van der Waals surface area contributed by atoms with Crippen LogP contribution in [0.2, 0.25) is 0 Å². The summed E-state index contributed by atoms with van der Waals surface area (Å²) in [5.74, 6) is 0. The van der Waals surface area contributed by atoms with Gasteiger partial charge in [-0.2, -0.15) is 17.0 Å². The number of rotatable bonds is 5. The Balaban J connectivity index is 1.94. The summed E-state index contributed by atoms with van der Waals surface area (Å²) in [6, 6.07) is 0.744. The van der Waals surface area contributed by atoms with Crippen LogP contribution < -0.4 is 0 Å². The van der Waals surface area contributed by atoms with Gasteiger partial charge in [0.25, 0.3) is 10.2 Å². The molecule has 2 rings (SSSR count). The van der Waals surface area contributed by atoms with Gasteiger partial charge >= 0.3 is 0 Å². The van der Waals surface area contributed by atoms with Crippen LogP contribution in [-0.4, -0.2) is 67.2 Å². The van der Waals surface area contributed by atoms with Gasteiger partial charge in [-0.25, -0.2) is 0 Å². The Labute approximate surface area is 105 Å². The minimum atomic E-state index is -3.21. The lowest BCUT2D eigenvalue weighted by Crippen LogP contribution is -2.53. The molecule has 0 bridgehead atoms. The summed E-state index contributed by atoms with van der Waals surface area (Å²) in [5.41, 5.74) is 0. The van der Waals surface area contributed by atoms with Crippen molar-refractivity contribution >= 4 is 10.2 Å². The van der Waals surface area contributed by atoms with Gasteiger partial charge in [0.1, 0.15) is 0 Å². The molecule has 2 aliphatic rings. The first-order valence-corrected chi connectivity index (χ1v) is 7.98. The van der Waals surface area contributed by atoms with Gasteiger partial charge in [0, 0.05) is 45.3 Å². The van der Waals surface area contributed by atoms with E-state index in [4.69, 9.17) is 0 Å². The molecule has 0 radical (unpaired) electrons. The van der Waals surface area contributed by atoms with Crippen LogP contribution in [0.15, 0.2) is 0 Å². The van der Waals surface area contributed by atoms with Crippen LogP contribution in [0.1, 0.15) is 26.7 Å². The van der Waals surface area contributed by atoms with Crippen LogP contribution in [0, 0.1) is 0 Å². The van der Waals surface area contributed by atoms with Crippen LogP contribution in [0.4, 0.5) is 0 Å². The molecule has 1 aliphatic carbocycles. The van der Waals surface area contributed by atoms with Crippen molar-refractivity contribution < 1.29 is 8.42 Å². The summed E-state index contributed by atoms with van der Waals surface area (Å²) in [5, 5.41) is 0. The molecule has 100 valence electrons. The molecule has 0 aromatic carbocycles. The highest BCUT2D eigenvalue weighted by Gasteiger charge is 2.35. The van der Waals surface area contributed by atoms with Crippen molar-refractivity contribution in [3.8, 4) is 0 Å². The minimum absolute atomic E-state index is 0.557. The van der Waals surface area contributed by atoms with E-state index in [0.29, 0.717) is 26.2 Å². The number of hydrogen-bond donors (Lipinski definition) is 0. The van der Waals surface area contributed by atoms with Gasteiger partial charge < -0.3 is 0 Å². The maximum Gasteiger partial charge on any atom is 0.282 e. The van der Waals surface area contributed by atoms with E-state index in [2.05, 4.69) is 4.90 Å². The lowest BCUT2D eigenvalue weighted by molar-refractivity contribution is 0.174. The van der Waals surface area contributed by atoms with E-state index < -0.39 is 10.2 Å². The van der Waals surface area contributed by atoms with Crippen LogP contribution in [-0.2, 0) is 10.2 Å². The Morgan fingerprint density at radius 3 is 2.00 bits per heavy atom. The summed E-state index contributed by atoms with van der Waals surface area (Å²) in [7, 11) is -3.21. The monoisotopic (exact) mass is 261 g/mol. The molecule has 1 heterocycles. The zero-order valence-electron chi connectivity index (χ0n) is 10.8. The van der Waals surface area contributed by atoms with Gasteiger partial charge in [-0.05, 0) is 12.8 Å². The molecule has 0 N–H and O–H groups in total. The summed E-state index contributed by atoms with van der Waals surface area (Å²) in [6.07, 6.45) is 2.59. The fraction of sp³-hybridized carbons (Fsp3) is 1.00. The second-order valence-corrected chi connectivity index (χ2v) is 6.69. The quantitative estimate of drug-likeness (QED) is 0.717. The van der Waals surface area contributed by atoms with Gasteiger partial charge in [-0.1, -0.05) is 13.8 Å². The first-order chi connectivity index (χ1) is 8.09. The molecule has 0 amide bonds. The highest BCUT2D eigenvalue weighted by molar-refractivity contribution is 7.86. The van der Waals surface area contributed by atoms with Crippen LogP contribution >= 0.6 is 0 Å². The number of piperazine rings is 1. The maximum absolute atomic E-state index is 12.3. The highest BCUT2D eigenvalue weighted by Crippen LogP contribution is 2.28. The third kappa shape index (κ3) is 2.81. The second-order valence-electron chi connectivity index (χ2n) is 4.76. The van der Waals surface area contributed by atoms with E-state index in [-0.39, 0.29) is 0 Å². The average molecular weight is 261 g/mol. The molecule has 1 aliphatic heterocycles. The van der Waals surface area contributed by atoms with E-state index in [1.165, 1.54) is 12.8 Å². The first kappa shape index (κ1) is 13.3. The summed E-state index contributed by atoms with van der Waals surface area (Å²) in [6.45, 7) is 7.98. The Morgan fingerprint density at radius 1 is 1.06 bits per heavy atom. The van der Waals surface area contributed by atoms with Crippen molar-refractivity contribution in [3.05, 3.63) is 0 Å². The Hall–Kier alpha value is -0.170. The molecule has 0 aromatic heterocycles. The van der Waals surface area contributed by atoms with Crippen LogP contribution in [0.25, 0.3) is 0 Å². The lowest BCUT2D eigenvalue weighted by atomic mass is 10.3. The van der Waals surface area contributed by atoms with Gasteiger partial charge in [0.15, 0.2) is 0 Å². The minimum Gasteiger partial charge on any atom is -0.298 e. The Morgan fingerprint density at radius 2 is 1.59 bits per heavy atom. The van der Waals surface area contributed by atoms with Gasteiger partial charge in [-0.15, -0.1) is 0 Å². The molecule has 1 saturated carbocycles. The van der Waals surface area contributed by atoms with Crippen molar-refractivity contribution in [1.29, 1.82) is 0 Å². The zero-order chi connectivity index (χ0) is 12.5. The van der Waals surface area contributed by atoms with E-state index in [1.54, 1.807) is 8.61 Å². The Bertz CT molecular complexity index is 342. The molecule has 0 atom stereocenters. The molecule has 0 unspecified atom stereocenters. The van der Waals surface area contributed by atoms with Crippen LogP contribution in [0.5, 0.6) is 0 Å². The molecule has 5 nitrogen and oxygen atoms in total. The third-order valence-corrected chi connectivity index (χ3v) is 5.88. The first-order valence-electron chi connectivity index (χ1n) is 6.58. The van der Waals surface area contributed by atoms with Crippen molar-refractivity contribution in [1.82, 2.24) is 13.5 Å².